The number of nitrogens with zero attached hydrogens (tertiary/aromatic N) is 1. The van der Waals surface area contributed by atoms with E-state index in [2.05, 4.69) is 0 Å². The van der Waals surface area contributed by atoms with Gasteiger partial charge < -0.3 is 0 Å². The van der Waals surface area contributed by atoms with Crippen molar-refractivity contribution in [2.75, 3.05) is 0 Å². The first-order valence-corrected chi connectivity index (χ1v) is 5.02. The maximum absolute atomic E-state index is 11.1. The van der Waals surface area contributed by atoms with Crippen LogP contribution in [0.15, 0.2) is 59.4 Å². The van der Waals surface area contributed by atoms with Crippen molar-refractivity contribution < 1.29 is 4.92 Å². The van der Waals surface area contributed by atoms with E-state index in [1.165, 1.54) is 24.3 Å². The number of benzene rings is 1. The summed E-state index contributed by atoms with van der Waals surface area (Å²) in [5.74, 6) is 0. The van der Waals surface area contributed by atoms with Gasteiger partial charge in [-0.25, -0.2) is 0 Å². The van der Waals surface area contributed by atoms with Gasteiger partial charge in [0.1, 0.15) is 0 Å². The monoisotopic (exact) mass is 227 g/mol. The minimum Gasteiger partial charge on any atom is -0.290 e. The third-order valence-electron chi connectivity index (χ3n) is 2.37. The molecule has 0 aliphatic heterocycles. The Kier molecular flexibility index (Phi) is 2.96. The topological polar surface area (TPSA) is 60.2 Å². The summed E-state index contributed by atoms with van der Waals surface area (Å²) in [6.45, 7) is 0. The molecular weight excluding hydrogens is 218 g/mol. The first-order chi connectivity index (χ1) is 8.16. The van der Waals surface area contributed by atoms with Gasteiger partial charge in [-0.1, -0.05) is 18.2 Å². The molecule has 2 rings (SSSR count). The van der Waals surface area contributed by atoms with Gasteiger partial charge in [0.2, 0.25) is 0 Å². The Balaban J connectivity index is 2.43. The zero-order chi connectivity index (χ0) is 12.3. The largest absolute Gasteiger partial charge is 0.290 e. The van der Waals surface area contributed by atoms with Crippen LogP contribution in [0.3, 0.4) is 0 Å². The maximum atomic E-state index is 11.1. The molecule has 2 aromatic carbocycles. The summed E-state index contributed by atoms with van der Waals surface area (Å²) in [6, 6.07) is 14.3. The summed E-state index contributed by atoms with van der Waals surface area (Å²) in [7, 11) is 0. The molecule has 0 bridgehead atoms. The van der Waals surface area contributed by atoms with Crippen LogP contribution in [-0.4, -0.2) is 4.92 Å². The van der Waals surface area contributed by atoms with E-state index in [0.717, 1.165) is 11.1 Å². The van der Waals surface area contributed by atoms with Gasteiger partial charge in [-0.2, -0.15) is 0 Å². The summed E-state index contributed by atoms with van der Waals surface area (Å²) in [4.78, 5) is 21.2. The Bertz CT molecular complexity index is 606. The summed E-state index contributed by atoms with van der Waals surface area (Å²) in [6.07, 6.45) is 0. The third kappa shape index (κ3) is 2.55. The number of hydrogen-bond donors (Lipinski definition) is 0. The highest BCUT2D eigenvalue weighted by Crippen LogP contribution is 2.20. The molecule has 17 heavy (non-hydrogen) atoms. The van der Waals surface area contributed by atoms with Crippen LogP contribution >= 0.6 is 0 Å². The fourth-order valence-corrected chi connectivity index (χ4v) is 1.50. The Morgan fingerprint density at radius 1 is 0.824 bits per heavy atom. The van der Waals surface area contributed by atoms with Crippen LogP contribution in [0.1, 0.15) is 0 Å². The predicted molar refractivity (Wildman–Crippen MR) is 64.8 cm³/mol. The number of hydrogen-bond acceptors (Lipinski definition) is 3. The molecule has 0 aliphatic carbocycles. The molecule has 0 saturated carbocycles. The lowest BCUT2D eigenvalue weighted by Gasteiger charge is -1.98. The van der Waals surface area contributed by atoms with Crippen LogP contribution in [-0.2, 0) is 0 Å². The van der Waals surface area contributed by atoms with Crippen molar-refractivity contribution in [2.24, 2.45) is 0 Å². The van der Waals surface area contributed by atoms with E-state index in [1.54, 1.807) is 30.3 Å². The zero-order valence-corrected chi connectivity index (χ0v) is 8.87. The maximum Gasteiger partial charge on any atom is 0.269 e. The molecule has 4 heteroatoms. The van der Waals surface area contributed by atoms with Crippen LogP contribution in [0.2, 0.25) is 0 Å². The average Bonchev–Trinajstić information content (AvgIpc) is 2.54. The second-order valence-corrected chi connectivity index (χ2v) is 3.52. The van der Waals surface area contributed by atoms with E-state index in [9.17, 15) is 14.9 Å². The fourth-order valence-electron chi connectivity index (χ4n) is 1.50. The first-order valence-electron chi connectivity index (χ1n) is 5.02. The standard InChI is InChI=1S/C13H9NO3/c15-13-3-1-2-10(6-9-13)11-4-7-12(8-5-11)14(16)17/h1-9H. The Labute approximate surface area is 97.3 Å². The summed E-state index contributed by atoms with van der Waals surface area (Å²) in [5, 5.41) is 10.5. The van der Waals surface area contributed by atoms with Crippen molar-refractivity contribution in [1.29, 1.82) is 0 Å². The molecule has 0 saturated heterocycles. The van der Waals surface area contributed by atoms with E-state index in [0.29, 0.717) is 0 Å². The van der Waals surface area contributed by atoms with Crippen molar-refractivity contribution in [3.05, 3.63) is 74.9 Å². The van der Waals surface area contributed by atoms with Crippen molar-refractivity contribution in [3.8, 4) is 11.1 Å². The highest BCUT2D eigenvalue weighted by Gasteiger charge is 2.04. The molecule has 0 spiro atoms. The minimum absolute atomic E-state index is 0.0542. The van der Waals surface area contributed by atoms with E-state index in [-0.39, 0.29) is 11.1 Å². The first kappa shape index (κ1) is 11.0. The smallest absolute Gasteiger partial charge is 0.269 e. The van der Waals surface area contributed by atoms with E-state index >= 15 is 0 Å². The SMILES string of the molecule is O=c1cccc(-c2ccc([N+](=O)[O-])cc2)cc1. The molecule has 0 aliphatic rings. The highest BCUT2D eigenvalue weighted by molar-refractivity contribution is 5.64. The molecule has 0 heterocycles. The van der Waals surface area contributed by atoms with Gasteiger partial charge in [-0.3, -0.25) is 14.9 Å². The molecule has 0 radical (unpaired) electrons. The Morgan fingerprint density at radius 3 is 2.06 bits per heavy atom. The van der Waals surface area contributed by atoms with Gasteiger partial charge in [0.25, 0.3) is 5.69 Å². The molecular formula is C13H9NO3. The van der Waals surface area contributed by atoms with Crippen LogP contribution in [0.5, 0.6) is 0 Å². The molecule has 0 N–H and O–H groups in total. The Hall–Kier alpha value is -2.49. The molecule has 2 aromatic rings. The van der Waals surface area contributed by atoms with Gasteiger partial charge >= 0.3 is 0 Å². The second kappa shape index (κ2) is 4.57. The van der Waals surface area contributed by atoms with E-state index in [4.69, 9.17) is 0 Å². The van der Waals surface area contributed by atoms with Gasteiger partial charge in [0, 0.05) is 12.1 Å². The van der Waals surface area contributed by atoms with Gasteiger partial charge in [0.15, 0.2) is 5.43 Å². The number of nitro groups is 1. The number of non-ortho nitro benzene ring substituents is 1. The summed E-state index contributed by atoms with van der Waals surface area (Å²) < 4.78 is 0. The van der Waals surface area contributed by atoms with Crippen LogP contribution in [0.25, 0.3) is 11.1 Å². The summed E-state index contributed by atoms with van der Waals surface area (Å²) in [5.41, 5.74) is 1.67. The van der Waals surface area contributed by atoms with E-state index < -0.39 is 4.92 Å². The van der Waals surface area contributed by atoms with Crippen LogP contribution in [0.4, 0.5) is 5.69 Å². The summed E-state index contributed by atoms with van der Waals surface area (Å²) >= 11 is 0. The molecule has 0 fully saturated rings. The lowest BCUT2D eigenvalue weighted by molar-refractivity contribution is -0.384. The lowest BCUT2D eigenvalue weighted by atomic mass is 10.1. The zero-order valence-electron chi connectivity index (χ0n) is 8.87. The lowest BCUT2D eigenvalue weighted by Crippen LogP contribution is -1.88. The molecule has 0 aromatic heterocycles. The molecule has 4 nitrogen and oxygen atoms in total. The van der Waals surface area contributed by atoms with Crippen molar-refractivity contribution in [2.45, 2.75) is 0 Å². The van der Waals surface area contributed by atoms with Gasteiger partial charge in [-0.05, 0) is 35.4 Å². The van der Waals surface area contributed by atoms with E-state index in [1.807, 2.05) is 0 Å². The van der Waals surface area contributed by atoms with Crippen LogP contribution < -0.4 is 5.43 Å². The van der Waals surface area contributed by atoms with Crippen molar-refractivity contribution in [3.63, 3.8) is 0 Å². The van der Waals surface area contributed by atoms with Crippen LogP contribution in [0, 0.1) is 10.1 Å². The van der Waals surface area contributed by atoms with Gasteiger partial charge in [-0.15, -0.1) is 0 Å². The highest BCUT2D eigenvalue weighted by atomic mass is 16.6. The van der Waals surface area contributed by atoms with Crippen molar-refractivity contribution in [1.82, 2.24) is 0 Å². The number of nitro benzene ring substituents is 1. The van der Waals surface area contributed by atoms with Gasteiger partial charge in [0.05, 0.1) is 4.92 Å². The molecule has 0 atom stereocenters. The predicted octanol–water partition coefficient (Wildman–Crippen LogP) is 2.62. The average molecular weight is 227 g/mol. The Morgan fingerprint density at radius 2 is 1.41 bits per heavy atom. The number of rotatable bonds is 2. The molecule has 0 unspecified atom stereocenters. The quantitative estimate of drug-likeness (QED) is 0.585. The minimum atomic E-state index is -0.440. The second-order valence-electron chi connectivity index (χ2n) is 3.52. The normalized spacial score (nSPS) is 9.88. The molecule has 84 valence electrons. The van der Waals surface area contributed by atoms with Crippen molar-refractivity contribution >= 4 is 5.69 Å². The third-order valence-corrected chi connectivity index (χ3v) is 2.37. The molecule has 0 amide bonds. The fraction of sp³-hybridized carbons (Fsp3) is 0.